The molecule has 1 N–H and O–H groups in total. The van der Waals surface area contributed by atoms with Crippen LogP contribution in [0.5, 0.6) is 0 Å². The van der Waals surface area contributed by atoms with Gasteiger partial charge < -0.3 is 5.32 Å². The summed E-state index contributed by atoms with van der Waals surface area (Å²) in [6, 6.07) is 17.5. The van der Waals surface area contributed by atoms with E-state index in [4.69, 9.17) is 0 Å². The van der Waals surface area contributed by atoms with E-state index in [1.54, 1.807) is 0 Å². The van der Waals surface area contributed by atoms with Crippen molar-refractivity contribution in [3.8, 4) is 0 Å². The Morgan fingerprint density at radius 1 is 1.00 bits per heavy atom. The maximum Gasteiger partial charge on any atom is 0.266 e. The molecular formula is C21H20FN3O3S. The van der Waals surface area contributed by atoms with Crippen LogP contribution in [0.15, 0.2) is 84.0 Å². The lowest BCUT2D eigenvalue weighted by molar-refractivity contribution is -0.119. The molecule has 0 spiro atoms. The molecule has 0 saturated heterocycles. The molecule has 0 atom stereocenters. The van der Waals surface area contributed by atoms with E-state index in [1.807, 2.05) is 30.3 Å². The molecule has 6 nitrogen and oxygen atoms in total. The molecule has 3 rings (SSSR count). The number of carbonyl (C=O) groups excluding carboxylic acids is 1. The van der Waals surface area contributed by atoms with Gasteiger partial charge in [0.05, 0.1) is 5.69 Å². The zero-order chi connectivity index (χ0) is 20.7. The Balaban J connectivity index is 1.76. The first kappa shape index (κ1) is 20.5. The number of hydrogen-bond donors (Lipinski definition) is 1. The summed E-state index contributed by atoms with van der Waals surface area (Å²) in [7, 11) is -4.05. The Morgan fingerprint density at radius 3 is 2.38 bits per heavy atom. The van der Waals surface area contributed by atoms with E-state index in [-0.39, 0.29) is 10.6 Å². The van der Waals surface area contributed by atoms with Gasteiger partial charge >= 0.3 is 0 Å². The van der Waals surface area contributed by atoms with Crippen LogP contribution in [0.25, 0.3) is 0 Å². The summed E-state index contributed by atoms with van der Waals surface area (Å²) in [5.74, 6) is -0.961. The van der Waals surface area contributed by atoms with E-state index in [0.29, 0.717) is 13.0 Å². The van der Waals surface area contributed by atoms with Gasteiger partial charge in [-0.25, -0.2) is 12.8 Å². The summed E-state index contributed by atoms with van der Waals surface area (Å²) >= 11 is 0. The first-order valence-corrected chi connectivity index (χ1v) is 10.4. The maximum atomic E-state index is 13.3. The molecule has 0 aliphatic rings. The van der Waals surface area contributed by atoms with Crippen molar-refractivity contribution in [1.82, 2.24) is 10.3 Å². The predicted molar refractivity (Wildman–Crippen MR) is 108 cm³/mol. The summed E-state index contributed by atoms with van der Waals surface area (Å²) in [6.45, 7) is -0.0648. The summed E-state index contributed by atoms with van der Waals surface area (Å²) < 4.78 is 40.4. The summed E-state index contributed by atoms with van der Waals surface area (Å²) in [6.07, 6.45) is 3.29. The molecule has 0 aliphatic heterocycles. The molecule has 0 saturated carbocycles. The average Bonchev–Trinajstić information content (AvgIpc) is 2.74. The SMILES string of the molecule is O=C(CN(c1ccc(F)cc1)S(=O)(=O)c1cccnc1)NCCc1ccccc1. The standard InChI is InChI=1S/C21H20FN3O3S/c22-18-8-10-19(11-9-18)25(29(27,28)20-7-4-13-23-15-20)16-21(26)24-14-12-17-5-2-1-3-6-17/h1-11,13,15H,12,14,16H2,(H,24,26). The topological polar surface area (TPSA) is 79.4 Å². The van der Waals surface area contributed by atoms with Gasteiger partial charge in [0.15, 0.2) is 0 Å². The third kappa shape index (κ3) is 5.39. The number of benzene rings is 2. The maximum absolute atomic E-state index is 13.3. The predicted octanol–water partition coefficient (Wildman–Crippen LogP) is 2.77. The molecule has 0 bridgehead atoms. The zero-order valence-corrected chi connectivity index (χ0v) is 16.3. The number of aromatic nitrogens is 1. The van der Waals surface area contributed by atoms with Crippen LogP contribution in [-0.2, 0) is 21.2 Å². The van der Waals surface area contributed by atoms with E-state index in [2.05, 4.69) is 10.3 Å². The second-order valence-electron chi connectivity index (χ2n) is 6.26. The number of pyridine rings is 1. The largest absolute Gasteiger partial charge is 0.354 e. The number of halogens is 1. The van der Waals surface area contributed by atoms with Crippen LogP contribution < -0.4 is 9.62 Å². The second kappa shape index (κ2) is 9.29. The van der Waals surface area contributed by atoms with Gasteiger partial charge in [-0.05, 0) is 48.4 Å². The molecule has 2 aromatic carbocycles. The third-order valence-electron chi connectivity index (χ3n) is 4.20. The fourth-order valence-electron chi connectivity index (χ4n) is 2.73. The highest BCUT2D eigenvalue weighted by molar-refractivity contribution is 7.92. The van der Waals surface area contributed by atoms with Crippen molar-refractivity contribution in [2.75, 3.05) is 17.4 Å². The third-order valence-corrected chi connectivity index (χ3v) is 5.96. The van der Waals surface area contributed by atoms with Crippen LogP contribution in [0, 0.1) is 5.82 Å². The van der Waals surface area contributed by atoms with Gasteiger partial charge in [-0.2, -0.15) is 0 Å². The monoisotopic (exact) mass is 413 g/mol. The van der Waals surface area contributed by atoms with Crippen LogP contribution in [0.4, 0.5) is 10.1 Å². The van der Waals surface area contributed by atoms with Gasteiger partial charge in [0.2, 0.25) is 5.91 Å². The Kier molecular flexibility index (Phi) is 6.56. The molecule has 0 unspecified atom stereocenters. The first-order valence-electron chi connectivity index (χ1n) is 8.96. The molecule has 8 heteroatoms. The molecule has 1 aromatic heterocycles. The fraction of sp³-hybridized carbons (Fsp3) is 0.143. The van der Waals surface area contributed by atoms with Gasteiger partial charge in [0.25, 0.3) is 10.0 Å². The number of carbonyl (C=O) groups is 1. The minimum absolute atomic E-state index is 0.0542. The van der Waals surface area contributed by atoms with Crippen molar-refractivity contribution < 1.29 is 17.6 Å². The number of nitrogens with one attached hydrogen (secondary N) is 1. The minimum Gasteiger partial charge on any atom is -0.354 e. The van der Waals surface area contributed by atoms with E-state index >= 15 is 0 Å². The molecule has 1 heterocycles. The Labute approximate surface area is 169 Å². The van der Waals surface area contributed by atoms with Gasteiger partial charge in [0, 0.05) is 18.9 Å². The number of rotatable bonds is 8. The van der Waals surface area contributed by atoms with Crippen molar-refractivity contribution in [2.45, 2.75) is 11.3 Å². The Morgan fingerprint density at radius 2 is 1.72 bits per heavy atom. The van der Waals surface area contributed by atoms with Crippen molar-refractivity contribution >= 4 is 21.6 Å². The second-order valence-corrected chi connectivity index (χ2v) is 8.12. The van der Waals surface area contributed by atoms with Crippen molar-refractivity contribution in [3.63, 3.8) is 0 Å². The molecule has 0 radical (unpaired) electrons. The molecule has 1 amide bonds. The van der Waals surface area contributed by atoms with Gasteiger partial charge in [-0.15, -0.1) is 0 Å². The van der Waals surface area contributed by atoms with Gasteiger partial charge in [0.1, 0.15) is 17.3 Å². The minimum atomic E-state index is -4.05. The fourth-order valence-corrected chi connectivity index (χ4v) is 4.11. The highest BCUT2D eigenvalue weighted by atomic mass is 32.2. The Hall–Kier alpha value is -3.26. The van der Waals surface area contributed by atoms with E-state index < -0.39 is 28.3 Å². The molecular weight excluding hydrogens is 393 g/mol. The van der Waals surface area contributed by atoms with Crippen LogP contribution in [0.2, 0.25) is 0 Å². The number of hydrogen-bond acceptors (Lipinski definition) is 4. The Bertz CT molecular complexity index is 1040. The van der Waals surface area contributed by atoms with Crippen LogP contribution in [-0.4, -0.2) is 32.4 Å². The van der Waals surface area contributed by atoms with Crippen LogP contribution >= 0.6 is 0 Å². The number of amides is 1. The normalized spacial score (nSPS) is 11.1. The molecule has 0 fully saturated rings. The van der Waals surface area contributed by atoms with Crippen LogP contribution in [0.3, 0.4) is 0 Å². The van der Waals surface area contributed by atoms with Crippen molar-refractivity contribution in [3.05, 3.63) is 90.5 Å². The lowest BCUT2D eigenvalue weighted by Gasteiger charge is -2.24. The number of nitrogens with zero attached hydrogens (tertiary/aromatic N) is 2. The van der Waals surface area contributed by atoms with Crippen LogP contribution in [0.1, 0.15) is 5.56 Å². The smallest absolute Gasteiger partial charge is 0.266 e. The highest BCUT2D eigenvalue weighted by Gasteiger charge is 2.27. The lowest BCUT2D eigenvalue weighted by atomic mass is 10.1. The summed E-state index contributed by atoms with van der Waals surface area (Å²) in [5, 5.41) is 2.73. The van der Waals surface area contributed by atoms with Crippen molar-refractivity contribution in [2.24, 2.45) is 0 Å². The number of sulfonamides is 1. The van der Waals surface area contributed by atoms with Crippen molar-refractivity contribution in [1.29, 1.82) is 0 Å². The molecule has 150 valence electrons. The van der Waals surface area contributed by atoms with Gasteiger partial charge in [-0.1, -0.05) is 30.3 Å². The molecule has 29 heavy (non-hydrogen) atoms. The molecule has 3 aromatic rings. The molecule has 0 aliphatic carbocycles. The summed E-state index contributed by atoms with van der Waals surface area (Å²) in [4.78, 5) is 16.2. The van der Waals surface area contributed by atoms with E-state index in [0.717, 1.165) is 22.0 Å². The van der Waals surface area contributed by atoms with Gasteiger partial charge in [-0.3, -0.25) is 14.1 Å². The highest BCUT2D eigenvalue weighted by Crippen LogP contribution is 2.23. The van der Waals surface area contributed by atoms with E-state index in [9.17, 15) is 17.6 Å². The average molecular weight is 413 g/mol. The number of anilines is 1. The quantitative estimate of drug-likeness (QED) is 0.616. The van der Waals surface area contributed by atoms with E-state index in [1.165, 1.54) is 36.7 Å². The first-order chi connectivity index (χ1) is 14.0. The zero-order valence-electron chi connectivity index (χ0n) is 15.5. The summed E-state index contributed by atoms with van der Waals surface area (Å²) in [5.41, 5.74) is 1.25. The lowest BCUT2D eigenvalue weighted by Crippen LogP contribution is -2.41.